The van der Waals surface area contributed by atoms with Crippen molar-refractivity contribution >= 4 is 11.3 Å². The van der Waals surface area contributed by atoms with Crippen molar-refractivity contribution in [3.63, 3.8) is 0 Å². The molecule has 0 saturated heterocycles. The van der Waals surface area contributed by atoms with Crippen LogP contribution in [0.15, 0.2) is 59.3 Å². The maximum Gasteiger partial charge on any atom is 0.254 e. The lowest BCUT2D eigenvalue weighted by Gasteiger charge is -2.05. The molecule has 150 valence electrons. The predicted molar refractivity (Wildman–Crippen MR) is 111 cm³/mol. The summed E-state index contributed by atoms with van der Waals surface area (Å²) in [6.45, 7) is 2.46. The molecule has 0 unspecified atom stereocenters. The van der Waals surface area contributed by atoms with E-state index in [1.54, 1.807) is 35.7 Å². The van der Waals surface area contributed by atoms with E-state index in [2.05, 4.69) is 21.2 Å². The normalized spacial score (nSPS) is 10.5. The van der Waals surface area contributed by atoms with Crippen LogP contribution in [0.4, 0.5) is 0 Å². The summed E-state index contributed by atoms with van der Waals surface area (Å²) >= 11 is 1.63. The minimum Gasteiger partial charge on any atom is -0.469 e. The molecule has 3 aromatic heterocycles. The minimum absolute atomic E-state index is 0.139. The quantitative estimate of drug-likeness (QED) is 0.408. The SMILES string of the molecule is Cc1sc(-c2ccccc2)nc1COc1cc(COc2ncccc2CC#N)on1. The Morgan fingerprint density at radius 1 is 1.10 bits per heavy atom. The van der Waals surface area contributed by atoms with E-state index in [0.29, 0.717) is 24.1 Å². The fourth-order valence-corrected chi connectivity index (χ4v) is 3.67. The number of rotatable bonds is 8. The lowest BCUT2D eigenvalue weighted by Crippen LogP contribution is -1.99. The fraction of sp³-hybridized carbons (Fsp3) is 0.182. The zero-order valence-electron chi connectivity index (χ0n) is 16.2. The number of nitriles is 1. The summed E-state index contributed by atoms with van der Waals surface area (Å²) in [4.78, 5) is 9.94. The second kappa shape index (κ2) is 9.20. The van der Waals surface area contributed by atoms with E-state index in [4.69, 9.17) is 19.3 Å². The number of aryl methyl sites for hydroxylation is 1. The Kier molecular flexibility index (Phi) is 6.01. The minimum atomic E-state index is 0.139. The summed E-state index contributed by atoms with van der Waals surface area (Å²) in [5.41, 5.74) is 2.68. The maximum absolute atomic E-state index is 8.89. The molecule has 0 saturated carbocycles. The van der Waals surface area contributed by atoms with Crippen LogP contribution in [0, 0.1) is 18.3 Å². The van der Waals surface area contributed by atoms with E-state index in [1.165, 1.54) is 0 Å². The van der Waals surface area contributed by atoms with Gasteiger partial charge in [0.05, 0.1) is 18.2 Å². The Bertz CT molecular complexity index is 1160. The average Bonchev–Trinajstić information content (AvgIpc) is 3.39. The molecule has 30 heavy (non-hydrogen) atoms. The molecule has 0 atom stereocenters. The Morgan fingerprint density at radius 2 is 1.97 bits per heavy atom. The second-order valence-corrected chi connectivity index (χ2v) is 7.60. The number of benzene rings is 1. The highest BCUT2D eigenvalue weighted by atomic mass is 32.1. The number of thiazole rings is 1. The van der Waals surface area contributed by atoms with Gasteiger partial charge in [0.15, 0.2) is 12.4 Å². The van der Waals surface area contributed by atoms with Gasteiger partial charge >= 0.3 is 0 Å². The van der Waals surface area contributed by atoms with Gasteiger partial charge in [-0.25, -0.2) is 9.97 Å². The Labute approximate surface area is 177 Å². The number of nitrogens with zero attached hydrogens (tertiary/aromatic N) is 4. The number of ether oxygens (including phenoxy) is 2. The molecule has 0 fully saturated rings. The Morgan fingerprint density at radius 3 is 2.80 bits per heavy atom. The fourth-order valence-electron chi connectivity index (χ4n) is 2.75. The summed E-state index contributed by atoms with van der Waals surface area (Å²) in [6, 6.07) is 17.4. The van der Waals surface area contributed by atoms with Crippen molar-refractivity contribution in [2.24, 2.45) is 0 Å². The first-order valence-electron chi connectivity index (χ1n) is 9.26. The van der Waals surface area contributed by atoms with Gasteiger partial charge in [0.1, 0.15) is 11.6 Å². The molecule has 0 radical (unpaired) electrons. The summed E-state index contributed by atoms with van der Waals surface area (Å²) in [5.74, 6) is 1.27. The van der Waals surface area contributed by atoms with Crippen molar-refractivity contribution in [1.82, 2.24) is 15.1 Å². The van der Waals surface area contributed by atoms with Crippen molar-refractivity contribution in [2.45, 2.75) is 26.6 Å². The third-order valence-electron chi connectivity index (χ3n) is 4.28. The van der Waals surface area contributed by atoms with Crippen molar-refractivity contribution in [3.05, 3.63) is 76.6 Å². The standard InChI is InChI=1S/C22H18N4O3S/c1-15-19(25-22(30-15)17-6-3-2-4-7-17)14-27-20-12-18(29-26-20)13-28-21-16(9-10-23)8-5-11-24-21/h2-8,11-12H,9,13-14H2,1H3. The Hall–Kier alpha value is -3.70. The van der Waals surface area contributed by atoms with Crippen LogP contribution in [0.25, 0.3) is 10.6 Å². The molecular formula is C22H18N4O3S. The summed E-state index contributed by atoms with van der Waals surface area (Å²) in [7, 11) is 0. The number of hydrogen-bond acceptors (Lipinski definition) is 8. The molecule has 0 spiro atoms. The van der Waals surface area contributed by atoms with Gasteiger partial charge in [0.2, 0.25) is 5.88 Å². The van der Waals surface area contributed by atoms with Gasteiger partial charge in [-0.1, -0.05) is 36.4 Å². The van der Waals surface area contributed by atoms with E-state index in [0.717, 1.165) is 26.7 Å². The lowest BCUT2D eigenvalue weighted by atomic mass is 10.2. The van der Waals surface area contributed by atoms with Crippen molar-refractivity contribution < 1.29 is 14.0 Å². The highest BCUT2D eigenvalue weighted by Gasteiger charge is 2.13. The molecule has 4 aromatic rings. The highest BCUT2D eigenvalue weighted by Crippen LogP contribution is 2.28. The van der Waals surface area contributed by atoms with Gasteiger partial charge in [-0.2, -0.15) is 5.26 Å². The predicted octanol–water partition coefficient (Wildman–Crippen LogP) is 4.73. The molecular weight excluding hydrogens is 400 g/mol. The smallest absolute Gasteiger partial charge is 0.254 e. The molecule has 0 amide bonds. The van der Waals surface area contributed by atoms with Crippen molar-refractivity contribution in [3.8, 4) is 28.4 Å². The van der Waals surface area contributed by atoms with Crippen LogP contribution in [0.1, 0.15) is 21.9 Å². The third kappa shape index (κ3) is 4.64. The average molecular weight is 418 g/mol. The monoisotopic (exact) mass is 418 g/mol. The van der Waals surface area contributed by atoms with Crippen LogP contribution >= 0.6 is 11.3 Å². The van der Waals surface area contributed by atoms with E-state index < -0.39 is 0 Å². The zero-order chi connectivity index (χ0) is 20.8. The van der Waals surface area contributed by atoms with Crippen LogP contribution in [0.3, 0.4) is 0 Å². The molecule has 4 rings (SSSR count). The molecule has 0 aliphatic heterocycles. The van der Waals surface area contributed by atoms with E-state index >= 15 is 0 Å². The van der Waals surface area contributed by atoms with Gasteiger partial charge in [-0.15, -0.1) is 11.3 Å². The van der Waals surface area contributed by atoms with Crippen molar-refractivity contribution in [1.29, 1.82) is 5.26 Å². The van der Waals surface area contributed by atoms with Gasteiger partial charge in [-0.05, 0) is 18.1 Å². The molecule has 7 nitrogen and oxygen atoms in total. The Balaban J connectivity index is 1.36. The number of pyridine rings is 1. The van der Waals surface area contributed by atoms with Gasteiger partial charge < -0.3 is 14.0 Å². The summed E-state index contributed by atoms with van der Waals surface area (Å²) in [5, 5.41) is 13.8. The number of hydrogen-bond donors (Lipinski definition) is 0. The topological polar surface area (TPSA) is 94.1 Å². The molecule has 0 aliphatic rings. The van der Waals surface area contributed by atoms with Crippen LogP contribution < -0.4 is 9.47 Å². The second-order valence-electron chi connectivity index (χ2n) is 6.40. The molecule has 1 aromatic carbocycles. The van der Waals surface area contributed by atoms with E-state index in [-0.39, 0.29) is 13.0 Å². The molecule has 0 bridgehead atoms. The first-order valence-corrected chi connectivity index (χ1v) is 10.1. The van der Waals surface area contributed by atoms with Crippen LogP contribution in [-0.4, -0.2) is 15.1 Å². The van der Waals surface area contributed by atoms with Gasteiger partial charge in [0.25, 0.3) is 5.88 Å². The molecule has 0 aliphatic carbocycles. The number of aromatic nitrogens is 3. The zero-order valence-corrected chi connectivity index (χ0v) is 17.1. The van der Waals surface area contributed by atoms with Crippen molar-refractivity contribution in [2.75, 3.05) is 0 Å². The van der Waals surface area contributed by atoms with Crippen LogP contribution in [0.5, 0.6) is 11.8 Å². The van der Waals surface area contributed by atoms with E-state index in [9.17, 15) is 0 Å². The summed E-state index contributed by atoms with van der Waals surface area (Å²) in [6.07, 6.45) is 1.84. The van der Waals surface area contributed by atoms with Crippen LogP contribution in [-0.2, 0) is 19.6 Å². The highest BCUT2D eigenvalue weighted by molar-refractivity contribution is 7.15. The van der Waals surface area contributed by atoms with Crippen LogP contribution in [0.2, 0.25) is 0 Å². The first kappa shape index (κ1) is 19.6. The van der Waals surface area contributed by atoms with Gasteiger partial charge in [0, 0.05) is 28.3 Å². The largest absolute Gasteiger partial charge is 0.469 e. The maximum atomic E-state index is 8.89. The van der Waals surface area contributed by atoms with Gasteiger partial charge in [-0.3, -0.25) is 0 Å². The molecule has 0 N–H and O–H groups in total. The lowest BCUT2D eigenvalue weighted by molar-refractivity contribution is 0.229. The summed E-state index contributed by atoms with van der Waals surface area (Å²) < 4.78 is 16.7. The molecule has 3 heterocycles. The first-order chi connectivity index (χ1) is 14.7. The third-order valence-corrected chi connectivity index (χ3v) is 5.34. The van der Waals surface area contributed by atoms with E-state index in [1.807, 2.05) is 37.3 Å². The molecule has 8 heteroatoms.